The highest BCUT2D eigenvalue weighted by Gasteiger charge is 2.47. The number of rotatable bonds is 3. The number of aliphatic hydroxyl groups excluding tert-OH is 3. The average molecular weight is 326 g/mol. The van der Waals surface area contributed by atoms with E-state index in [1.807, 2.05) is 0 Å². The van der Waals surface area contributed by atoms with Crippen molar-refractivity contribution in [1.29, 1.82) is 0 Å². The lowest BCUT2D eigenvalue weighted by atomic mass is 9.99. The van der Waals surface area contributed by atoms with Crippen molar-refractivity contribution in [2.45, 2.75) is 34.5 Å². The van der Waals surface area contributed by atoms with Crippen LogP contribution in [-0.4, -0.2) is 67.5 Å². The molecule has 1 rings (SSSR count). The van der Waals surface area contributed by atoms with Gasteiger partial charge in [0.25, 0.3) is 0 Å². The first-order valence-electron chi connectivity index (χ1n) is 4.74. The molecule has 0 radical (unpaired) electrons. The lowest BCUT2D eigenvalue weighted by Crippen LogP contribution is -2.60. The Kier molecular flexibility index (Phi) is 5.45. The van der Waals surface area contributed by atoms with Crippen LogP contribution in [0, 0.1) is 0 Å². The number of aliphatic carboxylic acids is 1. The van der Waals surface area contributed by atoms with Crippen LogP contribution >= 0.6 is 34.8 Å². The molecule has 0 aromatic carbocycles. The molecule has 10 heteroatoms. The summed E-state index contributed by atoms with van der Waals surface area (Å²) >= 11 is 16.2. The Balaban J connectivity index is 2.70. The minimum Gasteiger partial charge on any atom is -0.479 e. The van der Waals surface area contributed by atoms with E-state index in [0.29, 0.717) is 0 Å². The highest BCUT2D eigenvalue weighted by Crippen LogP contribution is 2.29. The molecule has 5 atom stereocenters. The van der Waals surface area contributed by atoms with Crippen LogP contribution in [0.1, 0.15) is 0 Å². The van der Waals surface area contributed by atoms with E-state index in [2.05, 4.69) is 0 Å². The van der Waals surface area contributed by atoms with Crippen LogP contribution in [0.2, 0.25) is 0 Å². The van der Waals surface area contributed by atoms with Gasteiger partial charge in [-0.15, -0.1) is 0 Å². The molecule has 0 saturated carbocycles. The van der Waals surface area contributed by atoms with E-state index >= 15 is 0 Å². The molecule has 2 unspecified atom stereocenters. The molecule has 0 aliphatic carbocycles. The van der Waals surface area contributed by atoms with Crippen molar-refractivity contribution in [2.75, 3.05) is 6.61 Å². The van der Waals surface area contributed by atoms with E-state index in [1.165, 1.54) is 0 Å². The van der Waals surface area contributed by atoms with Gasteiger partial charge in [0.05, 0.1) is 6.61 Å². The van der Waals surface area contributed by atoms with Crippen molar-refractivity contribution in [3.63, 3.8) is 0 Å². The number of hydrogen-bond acceptors (Lipinski definition) is 6. The topological polar surface area (TPSA) is 116 Å². The van der Waals surface area contributed by atoms with Gasteiger partial charge in [0.1, 0.15) is 18.3 Å². The first-order valence-corrected chi connectivity index (χ1v) is 5.87. The maximum Gasteiger partial charge on any atom is 0.335 e. The average Bonchev–Trinajstić information content (AvgIpc) is 2.23. The molecular formula is C8H11Cl3O7. The predicted octanol–water partition coefficient (Wildman–Crippen LogP) is -0.735. The second kappa shape index (κ2) is 6.06. The summed E-state index contributed by atoms with van der Waals surface area (Å²) in [6.07, 6.45) is -8.47. The summed E-state index contributed by atoms with van der Waals surface area (Å²) in [6.45, 7) is -0.492. The zero-order valence-electron chi connectivity index (χ0n) is 8.74. The molecule has 1 aliphatic heterocycles. The zero-order valence-corrected chi connectivity index (χ0v) is 11.0. The number of aliphatic hydroxyl groups is 3. The Hall–Kier alpha value is 0.140. The molecule has 4 N–H and O–H groups in total. The van der Waals surface area contributed by atoms with Gasteiger partial charge in [-0.25, -0.2) is 4.79 Å². The van der Waals surface area contributed by atoms with E-state index in [0.717, 1.165) is 0 Å². The van der Waals surface area contributed by atoms with Crippen LogP contribution in [0.15, 0.2) is 0 Å². The number of carboxylic acids is 1. The quantitative estimate of drug-likeness (QED) is 0.505. The molecule has 0 bridgehead atoms. The Labute approximate surface area is 117 Å². The van der Waals surface area contributed by atoms with Gasteiger partial charge < -0.3 is 29.9 Å². The fourth-order valence-corrected chi connectivity index (χ4v) is 1.56. The Morgan fingerprint density at radius 3 is 2.17 bits per heavy atom. The van der Waals surface area contributed by atoms with Crippen LogP contribution in [-0.2, 0) is 14.3 Å². The van der Waals surface area contributed by atoms with Gasteiger partial charge >= 0.3 is 5.97 Å². The summed E-state index contributed by atoms with van der Waals surface area (Å²) in [5, 5.41) is 37.1. The highest BCUT2D eigenvalue weighted by atomic mass is 35.6. The van der Waals surface area contributed by atoms with E-state index in [1.54, 1.807) is 0 Å². The largest absolute Gasteiger partial charge is 0.479 e. The fourth-order valence-electron chi connectivity index (χ4n) is 1.37. The number of carbonyl (C=O) groups is 1. The maximum atomic E-state index is 10.8. The molecule has 1 saturated heterocycles. The molecule has 7 nitrogen and oxygen atoms in total. The van der Waals surface area contributed by atoms with Gasteiger partial charge in [-0.05, 0) is 0 Å². The van der Waals surface area contributed by atoms with Crippen LogP contribution in [0.5, 0.6) is 0 Å². The first kappa shape index (κ1) is 16.2. The van der Waals surface area contributed by atoms with Gasteiger partial charge in [0.2, 0.25) is 3.79 Å². The highest BCUT2D eigenvalue weighted by molar-refractivity contribution is 6.67. The Morgan fingerprint density at radius 2 is 1.72 bits per heavy atom. The molecule has 0 aromatic heterocycles. The van der Waals surface area contributed by atoms with Gasteiger partial charge in [-0.1, -0.05) is 34.8 Å². The van der Waals surface area contributed by atoms with E-state index in [-0.39, 0.29) is 0 Å². The lowest BCUT2D eigenvalue weighted by Gasteiger charge is -2.38. The molecule has 106 valence electrons. The van der Waals surface area contributed by atoms with E-state index in [9.17, 15) is 20.1 Å². The van der Waals surface area contributed by atoms with Crippen LogP contribution in [0.3, 0.4) is 0 Å². The zero-order chi connectivity index (χ0) is 14.1. The number of ether oxygens (including phenoxy) is 2. The number of carboxylic acid groups (broad SMARTS) is 1. The normalized spacial score (nSPS) is 37.6. The smallest absolute Gasteiger partial charge is 0.335 e. The van der Waals surface area contributed by atoms with Crippen molar-refractivity contribution in [2.24, 2.45) is 0 Å². The third kappa shape index (κ3) is 4.07. The number of hydrogen-bond donors (Lipinski definition) is 4. The van der Waals surface area contributed by atoms with Crippen molar-refractivity contribution in [3.8, 4) is 0 Å². The minimum absolute atomic E-state index is 0.492. The Bertz CT molecular complexity index is 308. The third-order valence-corrected chi connectivity index (χ3v) is 2.55. The maximum absolute atomic E-state index is 10.8. The van der Waals surface area contributed by atoms with Gasteiger partial charge in [-0.2, -0.15) is 0 Å². The van der Waals surface area contributed by atoms with Crippen molar-refractivity contribution >= 4 is 40.8 Å². The SMILES string of the molecule is O=C(O)C1O[C@@H](OCC(Cl)(Cl)Cl)[C@@H](O)C(O)[C@@H]1O. The minimum atomic E-state index is -1.79. The second-order valence-corrected chi connectivity index (χ2v) is 6.18. The molecule has 18 heavy (non-hydrogen) atoms. The fraction of sp³-hybridized carbons (Fsp3) is 0.875. The molecule has 0 aromatic rings. The summed E-state index contributed by atoms with van der Waals surface area (Å²) < 4.78 is 7.85. The summed E-state index contributed by atoms with van der Waals surface area (Å²) in [4.78, 5) is 10.8. The van der Waals surface area contributed by atoms with Gasteiger partial charge in [0.15, 0.2) is 12.4 Å². The predicted molar refractivity (Wildman–Crippen MR) is 60.6 cm³/mol. The Morgan fingerprint density at radius 1 is 1.17 bits per heavy atom. The van der Waals surface area contributed by atoms with E-state index in [4.69, 9.17) is 49.4 Å². The lowest BCUT2D eigenvalue weighted by molar-refractivity contribution is -0.293. The summed E-state index contributed by atoms with van der Waals surface area (Å²) in [7, 11) is 0. The molecule has 1 heterocycles. The summed E-state index contributed by atoms with van der Waals surface area (Å²) in [5.74, 6) is -1.52. The van der Waals surface area contributed by atoms with Crippen LogP contribution in [0.4, 0.5) is 0 Å². The van der Waals surface area contributed by atoms with Crippen LogP contribution < -0.4 is 0 Å². The van der Waals surface area contributed by atoms with Crippen molar-refractivity contribution in [1.82, 2.24) is 0 Å². The van der Waals surface area contributed by atoms with Crippen molar-refractivity contribution < 1.29 is 34.7 Å². The molecular weight excluding hydrogens is 314 g/mol. The molecule has 1 fully saturated rings. The monoisotopic (exact) mass is 324 g/mol. The van der Waals surface area contributed by atoms with Crippen LogP contribution in [0.25, 0.3) is 0 Å². The standard InChI is InChI=1S/C8H11Cl3O7/c9-8(10,11)1-17-7-4(14)2(12)3(13)5(18-7)6(15)16/h2-5,7,12-14H,1H2,(H,15,16)/t2?,3-,4-,5?,7+/m0/s1. The summed E-state index contributed by atoms with van der Waals surface area (Å²) in [5.41, 5.74) is 0. The summed E-state index contributed by atoms with van der Waals surface area (Å²) in [6, 6.07) is 0. The number of alkyl halides is 3. The molecule has 0 spiro atoms. The molecule has 0 amide bonds. The molecule has 1 aliphatic rings. The van der Waals surface area contributed by atoms with Gasteiger partial charge in [-0.3, -0.25) is 0 Å². The van der Waals surface area contributed by atoms with Crippen molar-refractivity contribution in [3.05, 3.63) is 0 Å². The number of halogens is 3. The van der Waals surface area contributed by atoms with E-state index < -0.39 is 47.1 Å². The second-order valence-electron chi connectivity index (χ2n) is 3.66. The third-order valence-electron chi connectivity index (χ3n) is 2.22. The first-order chi connectivity index (χ1) is 8.13. The van der Waals surface area contributed by atoms with Gasteiger partial charge in [0, 0.05) is 0 Å².